The minimum atomic E-state index is -5.12. The summed E-state index contributed by atoms with van der Waals surface area (Å²) in [7, 11) is 3.06. The van der Waals surface area contributed by atoms with Gasteiger partial charge in [-0.25, -0.2) is 4.98 Å². The lowest BCUT2D eigenvalue weighted by Crippen LogP contribution is -2.42. The molecular formula is C22H19F3N4O3. The number of ether oxygens (including phenoxy) is 1. The largest absolute Gasteiger partial charge is 0.511 e. The first kappa shape index (κ1) is 22.7. The number of hydrogen-bond donors (Lipinski definition) is 1. The highest BCUT2D eigenvalue weighted by atomic mass is 19.4. The molecule has 1 amide bonds. The van der Waals surface area contributed by atoms with Crippen molar-refractivity contribution in [3.05, 3.63) is 60.1 Å². The molecule has 0 bridgehead atoms. The van der Waals surface area contributed by atoms with Crippen LogP contribution in [0.25, 0.3) is 16.6 Å². The highest BCUT2D eigenvalue weighted by molar-refractivity contribution is 5.97. The first-order valence-corrected chi connectivity index (χ1v) is 9.44. The molecule has 0 unspecified atom stereocenters. The van der Waals surface area contributed by atoms with Crippen LogP contribution in [0.5, 0.6) is 5.75 Å². The standard InChI is InChI=1S/C22H19F3N4O3/c1-28-18-6-4-3-5-17(18)27-20(28)16(13-26)19(30)11-12-29(21(31)22(23,24)25)14-7-9-15(32-2)10-8-14/h3-10,30H,11-12H2,1-2H3/b19-16-. The lowest BCUT2D eigenvalue weighted by atomic mass is 10.1. The molecule has 0 atom stereocenters. The molecule has 2 aromatic carbocycles. The molecule has 166 valence electrons. The van der Waals surface area contributed by atoms with Crippen LogP contribution in [0.15, 0.2) is 54.3 Å². The van der Waals surface area contributed by atoms with Gasteiger partial charge in [-0.2, -0.15) is 18.4 Å². The number of para-hydroxylation sites is 2. The number of hydrogen-bond acceptors (Lipinski definition) is 5. The van der Waals surface area contributed by atoms with Crippen molar-refractivity contribution in [1.29, 1.82) is 5.26 Å². The summed E-state index contributed by atoms with van der Waals surface area (Å²) < 4.78 is 46.1. The van der Waals surface area contributed by atoms with Gasteiger partial charge < -0.3 is 19.3 Å². The van der Waals surface area contributed by atoms with Gasteiger partial charge in [0.05, 0.1) is 18.1 Å². The fraction of sp³-hybridized carbons (Fsp3) is 0.227. The predicted molar refractivity (Wildman–Crippen MR) is 112 cm³/mol. The smallest absolute Gasteiger partial charge is 0.471 e. The molecule has 0 spiro atoms. The average molecular weight is 444 g/mol. The van der Waals surface area contributed by atoms with Gasteiger partial charge in [0, 0.05) is 25.7 Å². The number of carbonyl (C=O) groups excluding carboxylic acids is 1. The van der Waals surface area contributed by atoms with E-state index in [1.165, 1.54) is 31.4 Å². The van der Waals surface area contributed by atoms with Crippen molar-refractivity contribution in [1.82, 2.24) is 9.55 Å². The molecule has 3 rings (SSSR count). The van der Waals surface area contributed by atoms with E-state index < -0.39 is 24.4 Å². The van der Waals surface area contributed by atoms with E-state index in [1.54, 1.807) is 35.9 Å². The van der Waals surface area contributed by atoms with Crippen molar-refractivity contribution in [2.45, 2.75) is 12.6 Å². The van der Waals surface area contributed by atoms with Gasteiger partial charge in [-0.1, -0.05) is 12.1 Å². The van der Waals surface area contributed by atoms with Gasteiger partial charge in [0.2, 0.25) is 0 Å². The third-order valence-electron chi connectivity index (χ3n) is 4.86. The maximum absolute atomic E-state index is 13.2. The molecular weight excluding hydrogens is 425 g/mol. The predicted octanol–water partition coefficient (Wildman–Crippen LogP) is 4.36. The Morgan fingerprint density at radius 3 is 2.44 bits per heavy atom. The first-order valence-electron chi connectivity index (χ1n) is 9.44. The number of rotatable bonds is 6. The Balaban J connectivity index is 1.93. The number of imidazole rings is 1. The fourth-order valence-electron chi connectivity index (χ4n) is 3.22. The van der Waals surface area contributed by atoms with E-state index in [9.17, 15) is 28.3 Å². The number of carbonyl (C=O) groups is 1. The van der Waals surface area contributed by atoms with Gasteiger partial charge >= 0.3 is 12.1 Å². The third-order valence-corrected chi connectivity index (χ3v) is 4.86. The Bertz CT molecular complexity index is 1210. The van der Waals surface area contributed by atoms with E-state index in [0.717, 1.165) is 5.52 Å². The topological polar surface area (TPSA) is 91.4 Å². The van der Waals surface area contributed by atoms with Crippen LogP contribution in [-0.4, -0.2) is 40.4 Å². The lowest BCUT2D eigenvalue weighted by molar-refractivity contribution is -0.170. The van der Waals surface area contributed by atoms with Crippen molar-refractivity contribution < 1.29 is 27.8 Å². The number of amides is 1. The SMILES string of the molecule is COc1ccc(N(CC/C(O)=C(\C#N)c2nc3ccccc3n2C)C(=O)C(F)(F)F)cc1. The Labute approximate surface area is 181 Å². The van der Waals surface area contributed by atoms with Crippen molar-refractivity contribution in [2.75, 3.05) is 18.6 Å². The van der Waals surface area contributed by atoms with Gasteiger partial charge in [0.25, 0.3) is 0 Å². The summed E-state index contributed by atoms with van der Waals surface area (Å²) in [5.74, 6) is -1.98. The van der Waals surface area contributed by atoms with Crippen molar-refractivity contribution >= 4 is 28.2 Å². The summed E-state index contributed by atoms with van der Waals surface area (Å²) in [6.45, 7) is -0.508. The van der Waals surface area contributed by atoms with Gasteiger partial charge in [-0.15, -0.1) is 0 Å². The van der Waals surface area contributed by atoms with Crippen LogP contribution in [0.3, 0.4) is 0 Å². The third kappa shape index (κ3) is 4.51. The molecule has 0 saturated heterocycles. The van der Waals surface area contributed by atoms with Crippen LogP contribution in [0.1, 0.15) is 12.2 Å². The van der Waals surface area contributed by atoms with E-state index in [4.69, 9.17) is 4.74 Å². The number of anilines is 1. The number of halogens is 3. The number of methoxy groups -OCH3 is 1. The second kappa shape index (κ2) is 9.01. The summed E-state index contributed by atoms with van der Waals surface area (Å²) >= 11 is 0. The Kier molecular flexibility index (Phi) is 6.39. The minimum Gasteiger partial charge on any atom is -0.511 e. The van der Waals surface area contributed by atoms with E-state index >= 15 is 0 Å². The molecule has 32 heavy (non-hydrogen) atoms. The number of aliphatic hydroxyl groups excluding tert-OH is 1. The van der Waals surface area contributed by atoms with Gasteiger partial charge in [0.1, 0.15) is 23.2 Å². The van der Waals surface area contributed by atoms with Crippen molar-refractivity contribution in [2.24, 2.45) is 7.05 Å². The second-order valence-electron chi connectivity index (χ2n) is 6.82. The molecule has 1 N–H and O–H groups in total. The summed E-state index contributed by atoms with van der Waals surface area (Å²) in [6.07, 6.45) is -5.51. The zero-order valence-electron chi connectivity index (χ0n) is 17.2. The van der Waals surface area contributed by atoms with E-state index in [-0.39, 0.29) is 23.5 Å². The minimum absolute atomic E-state index is 0.0258. The normalized spacial score (nSPS) is 12.2. The number of fused-ring (bicyclic) bond motifs is 1. The van der Waals surface area contributed by atoms with Crippen LogP contribution in [0, 0.1) is 11.3 Å². The van der Waals surface area contributed by atoms with Gasteiger partial charge in [-0.3, -0.25) is 4.79 Å². The molecule has 10 heteroatoms. The quantitative estimate of drug-likeness (QED) is 0.451. The van der Waals surface area contributed by atoms with Crippen LogP contribution in [0.4, 0.5) is 18.9 Å². The van der Waals surface area contributed by atoms with Crippen LogP contribution in [-0.2, 0) is 11.8 Å². The molecule has 0 fully saturated rings. The number of aryl methyl sites for hydroxylation is 1. The number of alkyl halides is 3. The molecule has 0 aliphatic heterocycles. The van der Waals surface area contributed by atoms with Crippen LogP contribution < -0.4 is 9.64 Å². The van der Waals surface area contributed by atoms with E-state index in [0.29, 0.717) is 16.2 Å². The number of nitrogens with zero attached hydrogens (tertiary/aromatic N) is 4. The summed E-state index contributed by atoms with van der Waals surface area (Å²) in [5, 5.41) is 20.1. The molecule has 0 aliphatic carbocycles. The highest BCUT2D eigenvalue weighted by Gasteiger charge is 2.43. The van der Waals surface area contributed by atoms with Crippen LogP contribution in [0.2, 0.25) is 0 Å². The molecule has 3 aromatic rings. The second-order valence-corrected chi connectivity index (χ2v) is 6.82. The number of allylic oxidation sites excluding steroid dienone is 1. The number of aliphatic hydroxyl groups is 1. The summed E-state index contributed by atoms with van der Waals surface area (Å²) in [6, 6.07) is 14.4. The molecule has 1 heterocycles. The van der Waals surface area contributed by atoms with E-state index in [2.05, 4.69) is 4.98 Å². The van der Waals surface area contributed by atoms with E-state index in [1.807, 2.05) is 6.07 Å². The van der Waals surface area contributed by atoms with Crippen LogP contribution >= 0.6 is 0 Å². The van der Waals surface area contributed by atoms with Crippen molar-refractivity contribution in [3.8, 4) is 11.8 Å². The Hall–Kier alpha value is -4.00. The monoisotopic (exact) mass is 444 g/mol. The first-order chi connectivity index (χ1) is 15.2. The number of aromatic nitrogens is 2. The maximum Gasteiger partial charge on any atom is 0.471 e. The van der Waals surface area contributed by atoms with Gasteiger partial charge in [-0.05, 0) is 36.4 Å². The molecule has 0 radical (unpaired) electrons. The molecule has 7 nitrogen and oxygen atoms in total. The maximum atomic E-state index is 13.2. The lowest BCUT2D eigenvalue weighted by Gasteiger charge is -2.24. The Morgan fingerprint density at radius 2 is 1.88 bits per heavy atom. The van der Waals surface area contributed by atoms with Gasteiger partial charge in [0.15, 0.2) is 5.82 Å². The molecule has 1 aromatic heterocycles. The fourth-order valence-corrected chi connectivity index (χ4v) is 3.22. The average Bonchev–Trinajstić information content (AvgIpc) is 3.10. The van der Waals surface area contributed by atoms with Crippen molar-refractivity contribution in [3.63, 3.8) is 0 Å². The number of nitriles is 1. The number of benzene rings is 2. The summed E-state index contributed by atoms with van der Waals surface area (Å²) in [4.78, 5) is 16.8. The highest BCUT2D eigenvalue weighted by Crippen LogP contribution is 2.28. The zero-order valence-corrected chi connectivity index (χ0v) is 17.2. The molecule has 0 aliphatic rings. The molecule has 0 saturated carbocycles. The Morgan fingerprint density at radius 1 is 1.22 bits per heavy atom. The summed E-state index contributed by atoms with van der Waals surface area (Å²) in [5.41, 5.74) is 1.10. The zero-order chi connectivity index (χ0) is 23.5.